The van der Waals surface area contributed by atoms with E-state index in [0.29, 0.717) is 18.2 Å². The van der Waals surface area contributed by atoms with Gasteiger partial charge in [0.15, 0.2) is 0 Å². The fourth-order valence-corrected chi connectivity index (χ4v) is 3.65. The molecule has 3 aromatic rings. The highest BCUT2D eigenvalue weighted by atomic mass is 35.5. The van der Waals surface area contributed by atoms with Gasteiger partial charge in [-0.1, -0.05) is 36.7 Å². The van der Waals surface area contributed by atoms with Gasteiger partial charge in [-0.2, -0.15) is 0 Å². The van der Waals surface area contributed by atoms with E-state index in [1.54, 1.807) is 0 Å². The van der Waals surface area contributed by atoms with Gasteiger partial charge in [0.05, 0.1) is 17.6 Å². The smallest absolute Gasteiger partial charge is 0.243 e. The van der Waals surface area contributed by atoms with Crippen LogP contribution in [0, 0.1) is 0 Å². The van der Waals surface area contributed by atoms with Crippen LogP contribution in [0.15, 0.2) is 61.2 Å². The van der Waals surface area contributed by atoms with Crippen LogP contribution < -0.4 is 10.1 Å². The molecule has 1 amide bonds. The number of halogens is 1. The minimum atomic E-state index is -0.109. The zero-order valence-electron chi connectivity index (χ0n) is 17.9. The molecule has 3 rings (SSSR count). The second-order valence-electron chi connectivity index (χ2n) is 7.48. The average Bonchev–Trinajstić information content (AvgIpc) is 3.14. The Bertz CT molecular complexity index is 982. The van der Waals surface area contributed by atoms with Crippen LogP contribution in [0.1, 0.15) is 37.9 Å². The van der Waals surface area contributed by atoms with Gasteiger partial charge in [-0.3, -0.25) is 4.79 Å². The molecule has 0 aliphatic heterocycles. The molecule has 6 heteroatoms. The molecule has 1 N–H and O–H groups in total. The highest BCUT2D eigenvalue weighted by Gasteiger charge is 2.10. The number of ether oxygens (including phenoxy) is 1. The van der Waals surface area contributed by atoms with E-state index in [-0.39, 0.29) is 5.91 Å². The van der Waals surface area contributed by atoms with E-state index >= 15 is 0 Å². The first kappa shape index (κ1) is 22.9. The van der Waals surface area contributed by atoms with Crippen LogP contribution in [0.4, 0.5) is 0 Å². The van der Waals surface area contributed by atoms with Crippen LogP contribution in [0.5, 0.6) is 5.75 Å². The molecule has 0 radical (unpaired) electrons. The number of benzene rings is 2. The van der Waals surface area contributed by atoms with Crippen molar-refractivity contribution in [1.82, 2.24) is 14.9 Å². The summed E-state index contributed by atoms with van der Waals surface area (Å²) in [4.78, 5) is 16.1. The van der Waals surface area contributed by atoms with Crippen molar-refractivity contribution in [3.05, 3.63) is 72.0 Å². The maximum atomic E-state index is 11.2. The first-order valence-electron chi connectivity index (χ1n) is 10.9. The largest absolute Gasteiger partial charge is 0.494 e. The van der Waals surface area contributed by atoms with Crippen molar-refractivity contribution < 1.29 is 9.53 Å². The summed E-state index contributed by atoms with van der Waals surface area (Å²) in [5.74, 6) is 1.87. The fourth-order valence-electron chi connectivity index (χ4n) is 3.53. The van der Waals surface area contributed by atoms with Crippen molar-refractivity contribution in [1.29, 1.82) is 0 Å². The number of hydrogen-bond acceptors (Lipinski definition) is 3. The maximum Gasteiger partial charge on any atom is 0.243 e. The number of carbonyl (C=O) groups is 1. The summed E-state index contributed by atoms with van der Waals surface area (Å²) in [6.45, 7) is 5.76. The third-order valence-electron chi connectivity index (χ3n) is 5.15. The Labute approximate surface area is 189 Å². The van der Waals surface area contributed by atoms with Crippen molar-refractivity contribution in [2.24, 2.45) is 0 Å². The standard InChI is InChI=1S/C25H30ClN3O2/c1-2-25(30)27-17-7-3-4-12-24-28-22-10-5-6-11-23(22)29(24)18-8-9-19-31-21-15-13-20(26)14-16-21/h2,5-6,10-11,13-16H,1,3-4,7-9,12,17-19H2,(H,27,30). The number of nitrogens with zero attached hydrogens (tertiary/aromatic N) is 2. The number of unbranched alkanes of at least 4 members (excludes halogenated alkanes) is 3. The highest BCUT2D eigenvalue weighted by Crippen LogP contribution is 2.19. The highest BCUT2D eigenvalue weighted by molar-refractivity contribution is 6.30. The van der Waals surface area contributed by atoms with Crippen molar-refractivity contribution in [3.63, 3.8) is 0 Å². The first-order valence-corrected chi connectivity index (χ1v) is 11.3. The molecule has 0 fully saturated rings. The number of nitrogens with one attached hydrogen (secondary N) is 1. The number of para-hydroxylation sites is 2. The molecule has 0 saturated carbocycles. The Morgan fingerprint density at radius 1 is 1.06 bits per heavy atom. The minimum Gasteiger partial charge on any atom is -0.494 e. The molecule has 0 aliphatic carbocycles. The number of amides is 1. The number of rotatable bonds is 13. The summed E-state index contributed by atoms with van der Waals surface area (Å²) >= 11 is 5.91. The molecular weight excluding hydrogens is 410 g/mol. The van der Waals surface area contributed by atoms with Gasteiger partial charge >= 0.3 is 0 Å². The molecule has 1 aromatic heterocycles. The summed E-state index contributed by atoms with van der Waals surface area (Å²) < 4.78 is 8.15. The number of carbonyl (C=O) groups excluding carboxylic acids is 1. The monoisotopic (exact) mass is 439 g/mol. The molecule has 0 bridgehead atoms. The Kier molecular flexibility index (Phi) is 8.98. The van der Waals surface area contributed by atoms with Crippen LogP contribution in [0.3, 0.4) is 0 Å². The zero-order chi connectivity index (χ0) is 21.9. The summed E-state index contributed by atoms with van der Waals surface area (Å²) in [7, 11) is 0. The van der Waals surface area contributed by atoms with E-state index in [1.807, 2.05) is 30.3 Å². The molecule has 0 aliphatic rings. The van der Waals surface area contributed by atoms with Crippen LogP contribution in [-0.2, 0) is 17.8 Å². The van der Waals surface area contributed by atoms with Gasteiger partial charge in [0.2, 0.25) is 5.91 Å². The first-order chi connectivity index (χ1) is 15.2. The normalized spacial score (nSPS) is 10.9. The van der Waals surface area contributed by atoms with E-state index in [2.05, 4.69) is 34.7 Å². The van der Waals surface area contributed by atoms with Gasteiger partial charge in [0, 0.05) is 24.5 Å². The maximum absolute atomic E-state index is 11.2. The topological polar surface area (TPSA) is 56.2 Å². The lowest BCUT2D eigenvalue weighted by Crippen LogP contribution is -2.21. The third kappa shape index (κ3) is 7.14. The van der Waals surface area contributed by atoms with Crippen molar-refractivity contribution in [2.75, 3.05) is 13.2 Å². The Morgan fingerprint density at radius 2 is 1.87 bits per heavy atom. The Hall–Kier alpha value is -2.79. The predicted octanol–water partition coefficient (Wildman–Crippen LogP) is 5.56. The molecule has 2 aromatic carbocycles. The summed E-state index contributed by atoms with van der Waals surface area (Å²) in [6, 6.07) is 15.8. The Morgan fingerprint density at radius 3 is 2.68 bits per heavy atom. The molecule has 31 heavy (non-hydrogen) atoms. The van der Waals surface area contributed by atoms with Crippen LogP contribution >= 0.6 is 11.6 Å². The molecule has 0 spiro atoms. The van der Waals surface area contributed by atoms with E-state index in [0.717, 1.165) is 62.2 Å². The lowest BCUT2D eigenvalue weighted by atomic mass is 10.2. The molecule has 0 unspecified atom stereocenters. The van der Waals surface area contributed by atoms with Gasteiger partial charge in [-0.05, 0) is 68.2 Å². The van der Waals surface area contributed by atoms with Gasteiger partial charge < -0.3 is 14.6 Å². The van der Waals surface area contributed by atoms with Crippen LogP contribution in [0.2, 0.25) is 5.02 Å². The summed E-state index contributed by atoms with van der Waals surface area (Å²) in [6.07, 6.45) is 7.30. The SMILES string of the molecule is C=CC(=O)NCCCCCc1nc2ccccc2n1CCCCOc1ccc(Cl)cc1. The minimum absolute atomic E-state index is 0.109. The van der Waals surface area contributed by atoms with E-state index in [1.165, 1.54) is 11.6 Å². The number of imidazole rings is 1. The number of aryl methyl sites for hydroxylation is 2. The lowest BCUT2D eigenvalue weighted by Gasteiger charge is -2.10. The molecule has 164 valence electrons. The van der Waals surface area contributed by atoms with Gasteiger partial charge in [-0.15, -0.1) is 0 Å². The predicted molar refractivity (Wildman–Crippen MR) is 127 cm³/mol. The van der Waals surface area contributed by atoms with Crippen molar-refractivity contribution in [3.8, 4) is 5.75 Å². The van der Waals surface area contributed by atoms with Gasteiger partial charge in [0.25, 0.3) is 0 Å². The van der Waals surface area contributed by atoms with Crippen molar-refractivity contribution in [2.45, 2.75) is 45.1 Å². The quantitative estimate of drug-likeness (QED) is 0.280. The number of fused-ring (bicyclic) bond motifs is 1. The van der Waals surface area contributed by atoms with E-state index in [4.69, 9.17) is 21.3 Å². The molecule has 0 atom stereocenters. The third-order valence-corrected chi connectivity index (χ3v) is 5.41. The average molecular weight is 440 g/mol. The van der Waals surface area contributed by atoms with E-state index < -0.39 is 0 Å². The zero-order valence-corrected chi connectivity index (χ0v) is 18.6. The Balaban J connectivity index is 1.47. The molecule has 1 heterocycles. The number of hydrogen-bond donors (Lipinski definition) is 1. The summed E-state index contributed by atoms with van der Waals surface area (Å²) in [5.41, 5.74) is 2.24. The fraction of sp³-hybridized carbons (Fsp3) is 0.360. The molecular formula is C25H30ClN3O2. The summed E-state index contributed by atoms with van der Waals surface area (Å²) in [5, 5.41) is 3.54. The van der Waals surface area contributed by atoms with Crippen molar-refractivity contribution >= 4 is 28.5 Å². The molecule has 5 nitrogen and oxygen atoms in total. The van der Waals surface area contributed by atoms with Gasteiger partial charge in [0.1, 0.15) is 11.6 Å². The van der Waals surface area contributed by atoms with Crippen LogP contribution in [0.25, 0.3) is 11.0 Å². The second kappa shape index (κ2) is 12.2. The lowest BCUT2D eigenvalue weighted by molar-refractivity contribution is -0.116. The number of aromatic nitrogens is 2. The van der Waals surface area contributed by atoms with E-state index in [9.17, 15) is 4.79 Å². The van der Waals surface area contributed by atoms with Gasteiger partial charge in [-0.25, -0.2) is 4.98 Å². The van der Waals surface area contributed by atoms with Crippen LogP contribution in [-0.4, -0.2) is 28.6 Å². The second-order valence-corrected chi connectivity index (χ2v) is 7.92. The molecule has 0 saturated heterocycles.